The van der Waals surface area contributed by atoms with E-state index in [0.29, 0.717) is 24.1 Å². The first kappa shape index (κ1) is 62.7. The molecule has 0 aromatic carbocycles. The number of ether oxygens (including phenoxy) is 2. The van der Waals surface area contributed by atoms with Crippen LogP contribution in [0.15, 0.2) is 85.1 Å². The number of quaternary nitrogens is 1. The average molecular weight is 930 g/mol. The minimum Gasteiger partial charge on any atom is -0.756 e. The number of allylic oxidation sites excluding steroid dienone is 14. The normalized spacial score (nSPS) is 14.2. The first-order valence-electron chi connectivity index (χ1n) is 26.3. The monoisotopic (exact) mass is 930 g/mol. The van der Waals surface area contributed by atoms with Crippen LogP contribution in [-0.4, -0.2) is 70.7 Å². The van der Waals surface area contributed by atoms with Gasteiger partial charge in [0.15, 0.2) is 0 Å². The topological polar surface area (TPSA) is 94.1 Å². The zero-order valence-electron chi connectivity index (χ0n) is 42.7. The third-order valence-corrected chi connectivity index (χ3v) is 11.9. The summed E-state index contributed by atoms with van der Waals surface area (Å²) in [7, 11) is 1.34. The Morgan fingerprint density at radius 2 is 0.846 bits per heavy atom. The average Bonchev–Trinajstić information content (AvgIpc) is 3.27. The molecule has 2 atom stereocenters. The highest BCUT2D eigenvalue weighted by Crippen LogP contribution is 2.38. The molecule has 65 heavy (non-hydrogen) atoms. The molecule has 0 aliphatic rings. The second kappa shape index (κ2) is 48.1. The molecular formula is C56H100NO7P. The molecule has 0 saturated carbocycles. The van der Waals surface area contributed by atoms with Crippen LogP contribution in [0.3, 0.4) is 0 Å². The fourth-order valence-corrected chi connectivity index (χ4v) is 7.69. The maximum atomic E-state index is 12.8. The van der Waals surface area contributed by atoms with Gasteiger partial charge in [-0.1, -0.05) is 202 Å². The minimum absolute atomic E-state index is 0.0204. The first-order valence-corrected chi connectivity index (χ1v) is 27.8. The molecule has 2 unspecified atom stereocenters. The quantitative estimate of drug-likeness (QED) is 0.0197. The Balaban J connectivity index is 4.13. The summed E-state index contributed by atoms with van der Waals surface area (Å²) < 4.78 is 34.8. The van der Waals surface area contributed by atoms with Crippen LogP contribution in [0.5, 0.6) is 0 Å². The van der Waals surface area contributed by atoms with E-state index in [0.717, 1.165) is 83.5 Å². The molecule has 376 valence electrons. The van der Waals surface area contributed by atoms with Crippen LogP contribution in [0.2, 0.25) is 0 Å². The van der Waals surface area contributed by atoms with E-state index in [9.17, 15) is 14.3 Å². The molecule has 0 aromatic heterocycles. The Morgan fingerprint density at radius 3 is 1.26 bits per heavy atom. The third kappa shape index (κ3) is 52.5. The molecule has 0 bridgehead atoms. The number of carbonyl (C=O) groups excluding carboxylic acids is 1. The number of phosphoric acid groups is 1. The maximum Gasteiger partial charge on any atom is 0.306 e. The predicted molar refractivity (Wildman–Crippen MR) is 277 cm³/mol. The molecule has 0 aliphatic carbocycles. The van der Waals surface area contributed by atoms with Crippen molar-refractivity contribution in [1.29, 1.82) is 0 Å². The zero-order chi connectivity index (χ0) is 47.6. The van der Waals surface area contributed by atoms with Crippen LogP contribution < -0.4 is 4.89 Å². The summed E-state index contributed by atoms with van der Waals surface area (Å²) in [6.45, 7) is 5.17. The zero-order valence-corrected chi connectivity index (χ0v) is 43.6. The van der Waals surface area contributed by atoms with E-state index in [1.807, 2.05) is 21.1 Å². The highest BCUT2D eigenvalue weighted by molar-refractivity contribution is 7.45. The van der Waals surface area contributed by atoms with Gasteiger partial charge >= 0.3 is 5.97 Å². The highest BCUT2D eigenvalue weighted by atomic mass is 31.2. The van der Waals surface area contributed by atoms with Crippen LogP contribution in [0.4, 0.5) is 0 Å². The Bertz CT molecular complexity index is 1310. The summed E-state index contributed by atoms with van der Waals surface area (Å²) in [5, 5.41) is 0. The van der Waals surface area contributed by atoms with E-state index in [2.05, 4.69) is 98.9 Å². The van der Waals surface area contributed by atoms with Crippen LogP contribution >= 0.6 is 7.82 Å². The number of phosphoric ester groups is 1. The Kier molecular flexibility index (Phi) is 46.4. The van der Waals surface area contributed by atoms with Crippen LogP contribution in [0.25, 0.3) is 0 Å². The molecule has 0 aliphatic heterocycles. The number of esters is 1. The standard InChI is InChI=1S/C56H100NO7P/c1-6-8-10-12-14-16-18-20-22-24-26-27-28-29-30-31-32-33-35-37-39-41-43-45-47-49-56(58)64-55(54-63-65(59,60)62-52-50-57(3,4)5)53-61-51-48-46-44-42-40-38-36-34-25-23-21-19-17-15-13-11-9-7-2/h8-11,14-17,20-23,26-27,55H,6-7,12-13,18-19,24-25,28-54H2,1-5H3/b10-8-,11-9-,16-14-,17-15-,22-20-,23-21-,27-26-. The van der Waals surface area contributed by atoms with Gasteiger partial charge in [-0.25, -0.2) is 0 Å². The van der Waals surface area contributed by atoms with E-state index in [4.69, 9.17) is 18.5 Å². The van der Waals surface area contributed by atoms with Gasteiger partial charge in [-0.05, 0) is 83.5 Å². The molecule has 0 radical (unpaired) electrons. The molecular weight excluding hydrogens is 830 g/mol. The van der Waals surface area contributed by atoms with E-state index in [-0.39, 0.29) is 25.8 Å². The fraction of sp³-hybridized carbons (Fsp3) is 0.732. The highest BCUT2D eigenvalue weighted by Gasteiger charge is 2.20. The molecule has 0 fully saturated rings. The van der Waals surface area contributed by atoms with Gasteiger partial charge in [0.1, 0.15) is 19.3 Å². The van der Waals surface area contributed by atoms with Gasteiger partial charge in [0.25, 0.3) is 7.82 Å². The van der Waals surface area contributed by atoms with Crippen LogP contribution in [0, 0.1) is 0 Å². The van der Waals surface area contributed by atoms with Gasteiger partial charge in [0, 0.05) is 13.0 Å². The van der Waals surface area contributed by atoms with Crippen molar-refractivity contribution in [3.63, 3.8) is 0 Å². The summed E-state index contributed by atoms with van der Waals surface area (Å²) >= 11 is 0. The van der Waals surface area contributed by atoms with E-state index in [1.54, 1.807) is 0 Å². The molecule has 0 rings (SSSR count). The van der Waals surface area contributed by atoms with Crippen molar-refractivity contribution in [1.82, 2.24) is 0 Å². The van der Waals surface area contributed by atoms with Gasteiger partial charge in [-0.15, -0.1) is 0 Å². The van der Waals surface area contributed by atoms with Gasteiger partial charge in [-0.3, -0.25) is 9.36 Å². The van der Waals surface area contributed by atoms with Crippen molar-refractivity contribution in [3.05, 3.63) is 85.1 Å². The number of carbonyl (C=O) groups is 1. The number of likely N-dealkylation sites (N-methyl/N-ethyl adjacent to an activating group) is 1. The Hall–Kier alpha value is -2.32. The summed E-state index contributed by atoms with van der Waals surface area (Å²) in [4.78, 5) is 25.2. The lowest BCUT2D eigenvalue weighted by molar-refractivity contribution is -0.870. The molecule has 8 nitrogen and oxygen atoms in total. The SMILES string of the molecule is CC/C=C\C/C=C\C/C=C\C/C=C\CCCCCCCCCCCCCCC(=O)OC(COCCCCCCCCCC/C=C\C/C=C\C/C=C\CC)COP(=O)([O-])OCC[N+](C)(C)C. The van der Waals surface area contributed by atoms with E-state index < -0.39 is 13.9 Å². The van der Waals surface area contributed by atoms with Gasteiger partial charge in [0.05, 0.1) is 34.4 Å². The smallest absolute Gasteiger partial charge is 0.306 e. The maximum absolute atomic E-state index is 12.8. The number of unbranched alkanes of at least 4 members (excludes halogenated alkanes) is 20. The molecule has 0 N–H and O–H groups in total. The number of rotatable bonds is 48. The molecule has 0 saturated heterocycles. The van der Waals surface area contributed by atoms with Gasteiger partial charge in [-0.2, -0.15) is 0 Å². The molecule has 0 amide bonds. The van der Waals surface area contributed by atoms with Gasteiger partial charge in [0.2, 0.25) is 0 Å². The van der Waals surface area contributed by atoms with Crippen molar-refractivity contribution < 1.29 is 37.3 Å². The van der Waals surface area contributed by atoms with Crippen LogP contribution in [-0.2, 0) is 27.9 Å². The lowest BCUT2D eigenvalue weighted by atomic mass is 10.0. The predicted octanol–water partition coefficient (Wildman–Crippen LogP) is 15.8. The lowest BCUT2D eigenvalue weighted by Crippen LogP contribution is -2.37. The number of nitrogens with zero attached hydrogens (tertiary/aromatic N) is 1. The van der Waals surface area contributed by atoms with Crippen molar-refractivity contribution in [2.75, 3.05) is 54.1 Å². The molecule has 9 heteroatoms. The first-order chi connectivity index (χ1) is 31.6. The van der Waals surface area contributed by atoms with Crippen LogP contribution in [0.1, 0.15) is 206 Å². The lowest BCUT2D eigenvalue weighted by Gasteiger charge is -2.28. The summed E-state index contributed by atoms with van der Waals surface area (Å²) in [6, 6.07) is 0. The fourth-order valence-electron chi connectivity index (χ4n) is 6.96. The van der Waals surface area contributed by atoms with Crippen molar-refractivity contribution in [2.24, 2.45) is 0 Å². The van der Waals surface area contributed by atoms with E-state index >= 15 is 0 Å². The largest absolute Gasteiger partial charge is 0.756 e. The Morgan fingerprint density at radius 1 is 0.477 bits per heavy atom. The van der Waals surface area contributed by atoms with Crippen molar-refractivity contribution in [3.8, 4) is 0 Å². The minimum atomic E-state index is -4.54. The number of hydrogen-bond donors (Lipinski definition) is 0. The summed E-state index contributed by atoms with van der Waals surface area (Å²) in [5.74, 6) is -0.341. The summed E-state index contributed by atoms with van der Waals surface area (Å²) in [5.41, 5.74) is 0. The van der Waals surface area contributed by atoms with Crippen molar-refractivity contribution >= 4 is 13.8 Å². The summed E-state index contributed by atoms with van der Waals surface area (Å²) in [6.07, 6.45) is 64.7. The number of hydrogen-bond acceptors (Lipinski definition) is 7. The molecule has 0 aromatic rings. The van der Waals surface area contributed by atoms with Crippen molar-refractivity contribution in [2.45, 2.75) is 213 Å². The second-order valence-corrected chi connectivity index (χ2v) is 19.9. The Labute approximate surface area is 401 Å². The van der Waals surface area contributed by atoms with Gasteiger partial charge < -0.3 is 27.9 Å². The molecule has 0 spiro atoms. The van der Waals surface area contributed by atoms with E-state index in [1.165, 1.54) is 103 Å². The second-order valence-electron chi connectivity index (χ2n) is 18.5. The molecule has 0 heterocycles. The third-order valence-electron chi connectivity index (χ3n) is 10.9.